The van der Waals surface area contributed by atoms with Gasteiger partial charge in [-0.3, -0.25) is 4.79 Å². The van der Waals surface area contributed by atoms with Crippen molar-refractivity contribution in [3.63, 3.8) is 0 Å². The molecule has 0 N–H and O–H groups in total. The second-order valence-corrected chi connectivity index (χ2v) is 11.1. The van der Waals surface area contributed by atoms with Gasteiger partial charge in [0.25, 0.3) is 0 Å². The molecule has 6 heteroatoms. The van der Waals surface area contributed by atoms with E-state index in [9.17, 15) is 13.2 Å². The zero-order chi connectivity index (χ0) is 27.1. The summed E-state index contributed by atoms with van der Waals surface area (Å²) in [7, 11) is -4.03. The second-order valence-electron chi connectivity index (χ2n) is 9.18. The van der Waals surface area contributed by atoms with Crippen molar-refractivity contribution in [1.29, 1.82) is 0 Å². The Hall–Kier alpha value is -3.66. The summed E-state index contributed by atoms with van der Waals surface area (Å²) in [6.07, 6.45) is 1.54. The third-order valence-corrected chi connectivity index (χ3v) is 7.83. The zero-order valence-corrected chi connectivity index (χ0v) is 22.5. The molecule has 2 atom stereocenters. The number of nitrogens with zero attached hydrogens (tertiary/aromatic N) is 1. The highest BCUT2D eigenvalue weighted by Crippen LogP contribution is 2.39. The second kappa shape index (κ2) is 12.1. The van der Waals surface area contributed by atoms with Crippen LogP contribution in [-0.4, -0.2) is 31.3 Å². The predicted molar refractivity (Wildman–Crippen MR) is 147 cm³/mol. The van der Waals surface area contributed by atoms with E-state index in [1.807, 2.05) is 81.4 Å². The first-order chi connectivity index (χ1) is 17.6. The predicted octanol–water partition coefficient (Wildman–Crippen LogP) is 5.71. The van der Waals surface area contributed by atoms with Crippen molar-refractivity contribution >= 4 is 16.0 Å². The summed E-state index contributed by atoms with van der Waals surface area (Å²) in [6, 6.07) is 24.3. The Morgan fingerprint density at radius 1 is 1.00 bits per heavy atom. The van der Waals surface area contributed by atoms with Gasteiger partial charge in [-0.2, -0.15) is 4.31 Å². The van der Waals surface area contributed by atoms with Crippen LogP contribution in [0.25, 0.3) is 0 Å². The Kier molecular flexibility index (Phi) is 9.09. The molecule has 0 amide bonds. The molecule has 3 aromatic carbocycles. The Balaban J connectivity index is 2.36. The van der Waals surface area contributed by atoms with Crippen molar-refractivity contribution in [1.82, 2.24) is 4.31 Å². The standard InChI is InChI=1S/C31H33NO4S/c1-6-23-32(37(34,35)29-19-17-25(4)18-20-29)30(24(2)3)31(36-26(5)33,28-15-11-8-12-16-28)22-21-27-13-9-7-10-14-27/h6-20,24,30H,1,23H2,2-5H3/t30-,31?/m0/s1. The van der Waals surface area contributed by atoms with Crippen molar-refractivity contribution in [2.75, 3.05) is 6.54 Å². The Bertz CT molecular complexity index is 1370. The molecule has 0 aliphatic rings. The molecule has 0 radical (unpaired) electrons. The number of hydrogen-bond acceptors (Lipinski definition) is 4. The van der Waals surface area contributed by atoms with Crippen molar-refractivity contribution in [2.24, 2.45) is 5.92 Å². The molecule has 3 rings (SSSR count). The van der Waals surface area contributed by atoms with Crippen LogP contribution in [0.4, 0.5) is 0 Å². The van der Waals surface area contributed by atoms with Gasteiger partial charge in [0.2, 0.25) is 15.6 Å². The van der Waals surface area contributed by atoms with Crippen LogP contribution in [0.3, 0.4) is 0 Å². The average molecular weight is 516 g/mol. The van der Waals surface area contributed by atoms with Gasteiger partial charge in [0.05, 0.1) is 10.9 Å². The normalized spacial score (nSPS) is 13.8. The number of benzene rings is 3. The van der Waals surface area contributed by atoms with Gasteiger partial charge in [-0.05, 0) is 43.0 Å². The Morgan fingerprint density at radius 2 is 1.57 bits per heavy atom. The van der Waals surface area contributed by atoms with Gasteiger partial charge in [-0.15, -0.1) is 6.58 Å². The largest absolute Gasteiger partial charge is 0.440 e. The number of sulfonamides is 1. The maximum absolute atomic E-state index is 14.1. The number of esters is 1. The highest BCUT2D eigenvalue weighted by Gasteiger charge is 2.50. The van der Waals surface area contributed by atoms with Crippen molar-refractivity contribution in [2.45, 2.75) is 44.2 Å². The smallest absolute Gasteiger partial charge is 0.304 e. The molecular formula is C31H33NO4S. The molecule has 0 aromatic heterocycles. The SMILES string of the molecule is C=CCN([C@@H](C(C)C)C(C#Cc1ccccc1)(OC(C)=O)c1ccccc1)S(=O)(=O)c1ccc(C)cc1. The molecule has 3 aromatic rings. The minimum Gasteiger partial charge on any atom is -0.440 e. The van der Waals surface area contributed by atoms with Crippen molar-refractivity contribution in [3.05, 3.63) is 114 Å². The Labute approximate surface area is 220 Å². The number of ether oxygens (including phenoxy) is 1. The summed E-state index contributed by atoms with van der Waals surface area (Å²) in [4.78, 5) is 12.8. The highest BCUT2D eigenvalue weighted by atomic mass is 32.2. The lowest BCUT2D eigenvalue weighted by molar-refractivity contribution is -0.158. The van der Waals surface area contributed by atoms with E-state index in [4.69, 9.17) is 4.74 Å². The molecule has 0 saturated heterocycles. The first-order valence-electron chi connectivity index (χ1n) is 12.1. The fraction of sp³-hybridized carbons (Fsp3) is 0.258. The lowest BCUT2D eigenvalue weighted by atomic mass is 9.80. The van der Waals surface area contributed by atoms with E-state index in [-0.39, 0.29) is 17.4 Å². The van der Waals surface area contributed by atoms with Crippen molar-refractivity contribution < 1.29 is 17.9 Å². The minimum absolute atomic E-state index is 0.00191. The highest BCUT2D eigenvalue weighted by molar-refractivity contribution is 7.89. The van der Waals surface area contributed by atoms with Crippen LogP contribution >= 0.6 is 0 Å². The molecule has 192 valence electrons. The maximum Gasteiger partial charge on any atom is 0.304 e. The fourth-order valence-electron chi connectivity index (χ4n) is 4.40. The van der Waals surface area contributed by atoms with E-state index in [1.54, 1.807) is 24.3 Å². The van der Waals surface area contributed by atoms with Crippen molar-refractivity contribution in [3.8, 4) is 11.8 Å². The Morgan fingerprint density at radius 3 is 2.08 bits per heavy atom. The molecular weight excluding hydrogens is 482 g/mol. The molecule has 5 nitrogen and oxygen atoms in total. The van der Waals surface area contributed by atoms with Crippen LogP contribution < -0.4 is 0 Å². The van der Waals surface area contributed by atoms with E-state index in [1.165, 1.54) is 17.3 Å². The third kappa shape index (κ3) is 6.37. The number of carbonyl (C=O) groups is 1. The summed E-state index contributed by atoms with van der Waals surface area (Å²) < 4.78 is 35.7. The van der Waals surface area contributed by atoms with Crippen LogP contribution in [0.1, 0.15) is 37.5 Å². The molecule has 0 heterocycles. The van der Waals surface area contributed by atoms with Gasteiger partial charge in [0.15, 0.2) is 0 Å². The molecule has 0 fully saturated rings. The van der Waals surface area contributed by atoms with E-state index in [0.717, 1.165) is 5.56 Å². The third-order valence-electron chi connectivity index (χ3n) is 5.97. The average Bonchev–Trinajstić information content (AvgIpc) is 2.87. The van der Waals surface area contributed by atoms with Crippen LogP contribution in [0.5, 0.6) is 0 Å². The van der Waals surface area contributed by atoms with Gasteiger partial charge in [-0.25, -0.2) is 8.42 Å². The number of hydrogen-bond donors (Lipinski definition) is 0. The monoisotopic (exact) mass is 515 g/mol. The summed E-state index contributed by atoms with van der Waals surface area (Å²) in [5, 5.41) is 0. The van der Waals surface area contributed by atoms with Gasteiger partial charge in [-0.1, -0.05) is 92.1 Å². The van der Waals surface area contributed by atoms with Crippen LogP contribution in [-0.2, 0) is 25.2 Å². The van der Waals surface area contributed by atoms with E-state index in [2.05, 4.69) is 18.4 Å². The lowest BCUT2D eigenvalue weighted by Gasteiger charge is -2.43. The number of aryl methyl sites for hydroxylation is 1. The molecule has 0 aliphatic carbocycles. The van der Waals surface area contributed by atoms with Crippen LogP contribution in [0.15, 0.2) is 102 Å². The fourth-order valence-corrected chi connectivity index (χ4v) is 6.14. The first kappa shape index (κ1) is 27.9. The minimum atomic E-state index is -4.03. The van der Waals surface area contributed by atoms with E-state index >= 15 is 0 Å². The summed E-state index contributed by atoms with van der Waals surface area (Å²) >= 11 is 0. The first-order valence-corrected chi connectivity index (χ1v) is 13.6. The summed E-state index contributed by atoms with van der Waals surface area (Å²) in [6.45, 7) is 10.8. The zero-order valence-electron chi connectivity index (χ0n) is 21.7. The molecule has 0 spiro atoms. The molecule has 0 bridgehead atoms. The number of rotatable bonds is 9. The maximum atomic E-state index is 14.1. The summed E-state index contributed by atoms with van der Waals surface area (Å²) in [5.41, 5.74) is 0.647. The van der Waals surface area contributed by atoms with Gasteiger partial charge in [0, 0.05) is 24.6 Å². The molecule has 0 saturated carbocycles. The van der Waals surface area contributed by atoms with Gasteiger partial charge >= 0.3 is 5.97 Å². The molecule has 1 unspecified atom stereocenters. The van der Waals surface area contributed by atoms with Crippen LogP contribution in [0.2, 0.25) is 0 Å². The van der Waals surface area contributed by atoms with Gasteiger partial charge < -0.3 is 4.74 Å². The number of carbonyl (C=O) groups excluding carboxylic acids is 1. The molecule has 0 aliphatic heterocycles. The van der Waals surface area contributed by atoms with Gasteiger partial charge in [0.1, 0.15) is 0 Å². The topological polar surface area (TPSA) is 63.7 Å². The van der Waals surface area contributed by atoms with Crippen LogP contribution in [0, 0.1) is 24.7 Å². The summed E-state index contributed by atoms with van der Waals surface area (Å²) in [5.74, 6) is 5.49. The van der Waals surface area contributed by atoms with E-state index < -0.39 is 27.6 Å². The molecule has 37 heavy (non-hydrogen) atoms. The van der Waals surface area contributed by atoms with E-state index in [0.29, 0.717) is 11.1 Å². The quantitative estimate of drug-likeness (QED) is 0.208. The lowest BCUT2D eigenvalue weighted by Crippen LogP contribution is -2.57.